The molecule has 2 aliphatic heterocycles. The summed E-state index contributed by atoms with van der Waals surface area (Å²) in [5.74, 6) is 0.967. The predicted molar refractivity (Wildman–Crippen MR) is 120 cm³/mol. The molecule has 0 aliphatic carbocycles. The molecule has 1 aromatic heterocycles. The highest BCUT2D eigenvalue weighted by Crippen LogP contribution is 2.25. The van der Waals surface area contributed by atoms with Gasteiger partial charge in [-0.25, -0.2) is 18.4 Å². The van der Waals surface area contributed by atoms with Crippen molar-refractivity contribution < 1.29 is 17.9 Å². The number of piperidine rings is 1. The fraction of sp³-hybridized carbons (Fsp3) is 0.500. The van der Waals surface area contributed by atoms with Gasteiger partial charge in [0, 0.05) is 51.7 Å². The van der Waals surface area contributed by atoms with Gasteiger partial charge in [-0.1, -0.05) is 0 Å². The molecule has 1 unspecified atom stereocenters. The highest BCUT2D eigenvalue weighted by Gasteiger charge is 2.29. The largest absolute Gasteiger partial charge is 0.470 e. The van der Waals surface area contributed by atoms with E-state index in [2.05, 4.69) is 9.97 Å². The molecule has 2 saturated heterocycles. The van der Waals surface area contributed by atoms with Gasteiger partial charge in [0.1, 0.15) is 6.10 Å². The van der Waals surface area contributed by atoms with E-state index in [1.54, 1.807) is 29.4 Å². The maximum absolute atomic E-state index is 13.1. The van der Waals surface area contributed by atoms with Gasteiger partial charge in [0.25, 0.3) is 11.8 Å². The number of sulfonamides is 1. The first-order chi connectivity index (χ1) is 15.4. The summed E-state index contributed by atoms with van der Waals surface area (Å²) < 4.78 is 33.0. The first-order valence-electron chi connectivity index (χ1n) is 10.9. The van der Waals surface area contributed by atoms with E-state index < -0.39 is 10.0 Å². The molecule has 2 aromatic rings. The van der Waals surface area contributed by atoms with E-state index in [0.717, 1.165) is 25.7 Å². The van der Waals surface area contributed by atoms with Crippen LogP contribution in [-0.2, 0) is 10.0 Å². The minimum absolute atomic E-state index is 0.129. The number of rotatable bonds is 6. The summed E-state index contributed by atoms with van der Waals surface area (Å²) in [4.78, 5) is 25.5. The van der Waals surface area contributed by atoms with Crippen LogP contribution in [0.1, 0.15) is 36.0 Å². The van der Waals surface area contributed by atoms with Crippen LogP contribution in [0.4, 0.5) is 5.82 Å². The maximum atomic E-state index is 13.1. The molecule has 1 atom stereocenters. The van der Waals surface area contributed by atoms with Crippen molar-refractivity contribution >= 4 is 21.7 Å². The number of carbonyl (C=O) groups is 1. The quantitative estimate of drug-likeness (QED) is 0.652. The smallest absolute Gasteiger partial charge is 0.257 e. The first-order valence-corrected chi connectivity index (χ1v) is 12.3. The van der Waals surface area contributed by atoms with Gasteiger partial charge in [-0.15, -0.1) is 0 Å². The number of likely N-dealkylation sites (tertiary alicyclic amines) is 1. The number of hydrogen-bond donors (Lipinski definition) is 0. The molecule has 4 rings (SSSR count). The summed E-state index contributed by atoms with van der Waals surface area (Å²) in [5, 5.41) is 0. The zero-order valence-electron chi connectivity index (χ0n) is 18.5. The predicted octanol–water partition coefficient (Wildman–Crippen LogP) is 2.01. The van der Waals surface area contributed by atoms with Crippen molar-refractivity contribution in [1.29, 1.82) is 0 Å². The number of carbonyl (C=O) groups excluding carboxylic acids is 1. The maximum Gasteiger partial charge on any atom is 0.257 e. The molecule has 32 heavy (non-hydrogen) atoms. The zero-order valence-corrected chi connectivity index (χ0v) is 19.3. The lowest BCUT2D eigenvalue weighted by Gasteiger charge is -2.33. The lowest BCUT2D eigenvalue weighted by atomic mass is 10.1. The summed E-state index contributed by atoms with van der Waals surface area (Å²) in [6, 6.07) is 6.26. The second-order valence-electron chi connectivity index (χ2n) is 8.35. The lowest BCUT2D eigenvalue weighted by molar-refractivity contribution is 0.0528. The van der Waals surface area contributed by atoms with Gasteiger partial charge < -0.3 is 14.5 Å². The van der Waals surface area contributed by atoms with Crippen LogP contribution in [0.2, 0.25) is 0 Å². The van der Waals surface area contributed by atoms with Crippen LogP contribution >= 0.6 is 0 Å². The van der Waals surface area contributed by atoms with E-state index in [4.69, 9.17) is 4.74 Å². The van der Waals surface area contributed by atoms with E-state index in [1.807, 2.05) is 19.0 Å². The summed E-state index contributed by atoms with van der Waals surface area (Å²) in [5.41, 5.74) is 0.472. The van der Waals surface area contributed by atoms with Crippen molar-refractivity contribution in [3.63, 3.8) is 0 Å². The molecule has 10 heteroatoms. The fourth-order valence-electron chi connectivity index (χ4n) is 4.11. The zero-order chi connectivity index (χ0) is 22.7. The molecule has 0 N–H and O–H groups in total. The molecule has 9 nitrogen and oxygen atoms in total. The second kappa shape index (κ2) is 9.41. The molecular weight excluding hydrogens is 430 g/mol. The number of ether oxygens (including phenoxy) is 1. The van der Waals surface area contributed by atoms with Crippen LogP contribution in [-0.4, -0.2) is 79.9 Å². The first kappa shape index (κ1) is 22.5. The highest BCUT2D eigenvalue weighted by molar-refractivity contribution is 7.89. The third kappa shape index (κ3) is 4.71. The summed E-state index contributed by atoms with van der Waals surface area (Å²) in [7, 11) is 0.263. The summed E-state index contributed by atoms with van der Waals surface area (Å²) in [6.45, 7) is 2.18. The number of amides is 1. The van der Waals surface area contributed by atoms with Crippen molar-refractivity contribution in [2.24, 2.45) is 0 Å². The molecule has 1 aromatic carbocycles. The molecule has 1 amide bonds. The molecule has 3 heterocycles. The Morgan fingerprint density at radius 2 is 1.72 bits per heavy atom. The van der Waals surface area contributed by atoms with Gasteiger partial charge in [-0.2, -0.15) is 4.31 Å². The minimum Gasteiger partial charge on any atom is -0.470 e. The Balaban J connectivity index is 1.43. The number of hydrogen-bond acceptors (Lipinski definition) is 7. The molecular formula is C22H29N5O4S. The molecule has 0 bridgehead atoms. The fourth-order valence-corrected chi connectivity index (χ4v) is 5.63. The number of anilines is 1. The Bertz CT molecular complexity index is 1050. The van der Waals surface area contributed by atoms with E-state index >= 15 is 0 Å². The minimum atomic E-state index is -3.49. The second-order valence-corrected chi connectivity index (χ2v) is 10.3. The van der Waals surface area contributed by atoms with Gasteiger partial charge in [0.15, 0.2) is 5.82 Å². The van der Waals surface area contributed by atoms with Crippen molar-refractivity contribution in [2.75, 3.05) is 45.2 Å². The molecule has 172 valence electrons. The van der Waals surface area contributed by atoms with Crippen LogP contribution in [0.3, 0.4) is 0 Å². The topological polar surface area (TPSA) is 95.9 Å². The van der Waals surface area contributed by atoms with E-state index in [0.29, 0.717) is 43.4 Å². The SMILES string of the molecule is CN(C)c1nccnc1OC1CCCN(C(=O)c2ccc(S(=O)(=O)N3CCCC3)cc2)C1. The molecule has 0 saturated carbocycles. The van der Waals surface area contributed by atoms with E-state index in [-0.39, 0.29) is 16.9 Å². The van der Waals surface area contributed by atoms with Crippen molar-refractivity contribution in [2.45, 2.75) is 36.7 Å². The van der Waals surface area contributed by atoms with Gasteiger partial charge in [-0.05, 0) is 49.9 Å². The third-order valence-corrected chi connectivity index (χ3v) is 7.73. The number of nitrogens with zero attached hydrogens (tertiary/aromatic N) is 5. The Kier molecular flexibility index (Phi) is 6.61. The summed E-state index contributed by atoms with van der Waals surface area (Å²) >= 11 is 0. The Hall–Kier alpha value is -2.72. The molecule has 0 spiro atoms. The van der Waals surface area contributed by atoms with Crippen LogP contribution in [0.5, 0.6) is 5.88 Å². The Morgan fingerprint density at radius 3 is 2.41 bits per heavy atom. The van der Waals surface area contributed by atoms with Gasteiger partial charge >= 0.3 is 0 Å². The lowest BCUT2D eigenvalue weighted by Crippen LogP contribution is -2.44. The van der Waals surface area contributed by atoms with Crippen LogP contribution in [0.15, 0.2) is 41.6 Å². The third-order valence-electron chi connectivity index (χ3n) is 5.82. The van der Waals surface area contributed by atoms with Crippen LogP contribution < -0.4 is 9.64 Å². The van der Waals surface area contributed by atoms with E-state index in [9.17, 15) is 13.2 Å². The standard InChI is InChI=1S/C22H29N5O4S/c1-25(2)20-21(24-12-11-23-20)31-18-6-5-13-26(16-18)22(28)17-7-9-19(10-8-17)32(29,30)27-14-3-4-15-27/h7-12,18H,3-6,13-16H2,1-2H3. The molecule has 2 fully saturated rings. The van der Waals surface area contributed by atoms with Crippen molar-refractivity contribution in [3.8, 4) is 5.88 Å². The molecule has 0 radical (unpaired) electrons. The monoisotopic (exact) mass is 459 g/mol. The average Bonchev–Trinajstić information content (AvgIpc) is 3.35. The normalized spacial score (nSPS) is 19.7. The van der Waals surface area contributed by atoms with Gasteiger partial charge in [0.2, 0.25) is 10.0 Å². The van der Waals surface area contributed by atoms with Gasteiger partial charge in [-0.3, -0.25) is 4.79 Å². The highest BCUT2D eigenvalue weighted by atomic mass is 32.2. The number of benzene rings is 1. The van der Waals surface area contributed by atoms with Crippen molar-refractivity contribution in [3.05, 3.63) is 42.2 Å². The van der Waals surface area contributed by atoms with E-state index in [1.165, 1.54) is 16.4 Å². The summed E-state index contributed by atoms with van der Waals surface area (Å²) in [6.07, 6.45) is 6.43. The van der Waals surface area contributed by atoms with Crippen molar-refractivity contribution in [1.82, 2.24) is 19.2 Å². The van der Waals surface area contributed by atoms with Crippen LogP contribution in [0, 0.1) is 0 Å². The van der Waals surface area contributed by atoms with Crippen LogP contribution in [0.25, 0.3) is 0 Å². The average molecular weight is 460 g/mol. The molecule has 2 aliphatic rings. The Morgan fingerprint density at radius 1 is 1.03 bits per heavy atom. The van der Waals surface area contributed by atoms with Gasteiger partial charge in [0.05, 0.1) is 11.4 Å². The Labute approximate surface area is 189 Å². The number of aromatic nitrogens is 2.